The number of hydrogen-bond donors (Lipinski definition) is 0. The summed E-state index contributed by atoms with van der Waals surface area (Å²) in [6, 6.07) is 40.8. The van der Waals surface area contributed by atoms with Crippen molar-refractivity contribution in [2.75, 3.05) is 23.0 Å². The molecule has 0 N–H and O–H groups in total. The van der Waals surface area contributed by atoms with Gasteiger partial charge in [-0.3, -0.25) is 0 Å². The molecule has 0 spiro atoms. The minimum atomic E-state index is -0.354. The Kier molecular flexibility index (Phi) is 11.9. The largest absolute Gasteiger partial charge is 0.462 e. The molecule has 6 nitrogen and oxygen atoms in total. The van der Waals surface area contributed by atoms with Crippen LogP contribution < -0.4 is 9.80 Å². The van der Waals surface area contributed by atoms with Crippen molar-refractivity contribution in [3.05, 3.63) is 144 Å². The standard InChI is InChI=1S/C46H52N2O4/c1-9-30-46(7,8)36-20-24-38(25-21-36)48(42-17-13-15-34(32-42)44(50)52-11-3)40-28-26-39(27-29-40)47(37-22-18-35(19-23-37)45(4,5)6)41-16-12-14-33(31-41)43(49)51-10-2/h12-29,31-32H,9-11,30H2,1-8H3. The van der Waals surface area contributed by atoms with Gasteiger partial charge in [-0.15, -0.1) is 0 Å². The summed E-state index contributed by atoms with van der Waals surface area (Å²) in [5.41, 5.74) is 9.03. The van der Waals surface area contributed by atoms with Gasteiger partial charge in [0.05, 0.1) is 24.3 Å². The number of carbonyl (C=O) groups is 2. The maximum atomic E-state index is 12.8. The summed E-state index contributed by atoms with van der Waals surface area (Å²) < 4.78 is 10.7. The van der Waals surface area contributed by atoms with Crippen LogP contribution in [-0.2, 0) is 20.3 Å². The van der Waals surface area contributed by atoms with Crippen molar-refractivity contribution in [1.82, 2.24) is 0 Å². The van der Waals surface area contributed by atoms with Gasteiger partial charge in [-0.05, 0) is 127 Å². The third-order valence-corrected chi connectivity index (χ3v) is 9.37. The number of anilines is 6. The Bertz CT molecular complexity index is 1960. The van der Waals surface area contributed by atoms with E-state index in [1.54, 1.807) is 12.1 Å². The fraction of sp³-hybridized carbons (Fsp3) is 0.304. The highest BCUT2D eigenvalue weighted by Crippen LogP contribution is 2.41. The first-order valence-corrected chi connectivity index (χ1v) is 18.3. The van der Waals surface area contributed by atoms with Gasteiger partial charge in [-0.2, -0.15) is 0 Å². The first kappa shape index (κ1) is 37.9. The van der Waals surface area contributed by atoms with Crippen molar-refractivity contribution in [3.8, 4) is 0 Å². The summed E-state index contributed by atoms with van der Waals surface area (Å²) >= 11 is 0. The van der Waals surface area contributed by atoms with E-state index in [-0.39, 0.29) is 22.8 Å². The summed E-state index contributed by atoms with van der Waals surface area (Å²) in [5, 5.41) is 0. The van der Waals surface area contributed by atoms with E-state index in [0.717, 1.165) is 47.0 Å². The van der Waals surface area contributed by atoms with Crippen LogP contribution in [-0.4, -0.2) is 25.2 Å². The minimum absolute atomic E-state index is 0.00678. The molecule has 0 saturated carbocycles. The zero-order valence-corrected chi connectivity index (χ0v) is 31.9. The average molecular weight is 697 g/mol. The van der Waals surface area contributed by atoms with Gasteiger partial charge in [0.1, 0.15) is 0 Å². The Morgan fingerprint density at radius 1 is 0.500 bits per heavy atom. The van der Waals surface area contributed by atoms with Crippen LogP contribution in [0.25, 0.3) is 0 Å². The third kappa shape index (κ3) is 8.74. The number of nitrogens with zero attached hydrogens (tertiary/aromatic N) is 2. The second-order valence-corrected chi connectivity index (χ2v) is 14.7. The highest BCUT2D eigenvalue weighted by Gasteiger charge is 2.22. The highest BCUT2D eigenvalue weighted by atomic mass is 16.5. The Hall–Kier alpha value is -5.36. The lowest BCUT2D eigenvalue weighted by Crippen LogP contribution is -2.17. The van der Waals surface area contributed by atoms with Crippen molar-refractivity contribution >= 4 is 46.1 Å². The van der Waals surface area contributed by atoms with Gasteiger partial charge < -0.3 is 19.3 Å². The number of ether oxygens (including phenoxy) is 2. The number of benzene rings is 5. The van der Waals surface area contributed by atoms with Gasteiger partial charge in [0.2, 0.25) is 0 Å². The molecule has 5 aromatic carbocycles. The second kappa shape index (κ2) is 16.3. The van der Waals surface area contributed by atoms with Crippen molar-refractivity contribution in [1.29, 1.82) is 0 Å². The molecule has 0 fully saturated rings. The van der Waals surface area contributed by atoms with Gasteiger partial charge in [0.15, 0.2) is 0 Å². The quantitative estimate of drug-likeness (QED) is 0.114. The summed E-state index contributed by atoms with van der Waals surface area (Å²) in [7, 11) is 0. The topological polar surface area (TPSA) is 59.1 Å². The number of hydrogen-bond acceptors (Lipinski definition) is 6. The SMILES string of the molecule is CCCC(C)(C)c1ccc(N(c2ccc(N(c3ccc(C(C)(C)C)cc3)c3cccc(C(=O)OCC)c3)cc2)c2cccc(C(=O)OCC)c2)cc1. The predicted octanol–water partition coefficient (Wildman–Crippen LogP) is 12.4. The van der Waals surface area contributed by atoms with Crippen LogP contribution in [0.2, 0.25) is 0 Å². The molecule has 270 valence electrons. The monoisotopic (exact) mass is 696 g/mol. The van der Waals surface area contributed by atoms with E-state index in [9.17, 15) is 9.59 Å². The van der Waals surface area contributed by atoms with E-state index in [0.29, 0.717) is 24.3 Å². The summed E-state index contributed by atoms with van der Waals surface area (Å²) in [5.74, 6) is -0.706. The summed E-state index contributed by atoms with van der Waals surface area (Å²) in [6.45, 7) is 17.6. The number of rotatable bonds is 13. The molecular formula is C46H52N2O4. The molecule has 0 aromatic heterocycles. The van der Waals surface area contributed by atoms with Crippen LogP contribution in [0.4, 0.5) is 34.1 Å². The van der Waals surface area contributed by atoms with Gasteiger partial charge in [0, 0.05) is 34.1 Å². The predicted molar refractivity (Wildman–Crippen MR) is 214 cm³/mol. The van der Waals surface area contributed by atoms with Gasteiger partial charge in [-0.25, -0.2) is 9.59 Å². The maximum absolute atomic E-state index is 12.8. The maximum Gasteiger partial charge on any atom is 0.338 e. The lowest BCUT2D eigenvalue weighted by molar-refractivity contribution is 0.0517. The van der Waals surface area contributed by atoms with E-state index in [2.05, 4.69) is 124 Å². The zero-order chi connectivity index (χ0) is 37.5. The fourth-order valence-corrected chi connectivity index (χ4v) is 6.56. The van der Waals surface area contributed by atoms with Crippen molar-refractivity contribution < 1.29 is 19.1 Å². The van der Waals surface area contributed by atoms with Crippen LogP contribution >= 0.6 is 0 Å². The van der Waals surface area contributed by atoms with Crippen LogP contribution in [0.1, 0.15) is 100 Å². The molecule has 0 unspecified atom stereocenters. The van der Waals surface area contributed by atoms with Crippen LogP contribution in [0, 0.1) is 0 Å². The first-order chi connectivity index (χ1) is 24.9. The number of esters is 2. The molecule has 6 heteroatoms. The molecule has 0 radical (unpaired) electrons. The molecule has 52 heavy (non-hydrogen) atoms. The molecule has 0 aliphatic rings. The van der Waals surface area contributed by atoms with E-state index in [1.165, 1.54) is 11.1 Å². The summed E-state index contributed by atoms with van der Waals surface area (Å²) in [4.78, 5) is 29.9. The molecular weight excluding hydrogens is 645 g/mol. The lowest BCUT2D eigenvalue weighted by atomic mass is 9.81. The molecule has 0 bridgehead atoms. The van der Waals surface area contributed by atoms with Crippen LogP contribution in [0.3, 0.4) is 0 Å². The van der Waals surface area contributed by atoms with Crippen molar-refractivity contribution in [2.45, 2.75) is 79.1 Å². The van der Waals surface area contributed by atoms with Crippen molar-refractivity contribution in [2.24, 2.45) is 0 Å². The molecule has 0 heterocycles. The molecule has 0 aliphatic heterocycles. The van der Waals surface area contributed by atoms with Gasteiger partial charge >= 0.3 is 11.9 Å². The Morgan fingerprint density at radius 2 is 0.865 bits per heavy atom. The Morgan fingerprint density at radius 3 is 1.21 bits per heavy atom. The van der Waals surface area contributed by atoms with E-state index >= 15 is 0 Å². The van der Waals surface area contributed by atoms with E-state index < -0.39 is 0 Å². The van der Waals surface area contributed by atoms with Crippen LogP contribution in [0.15, 0.2) is 121 Å². The highest BCUT2D eigenvalue weighted by molar-refractivity contribution is 5.93. The minimum Gasteiger partial charge on any atom is -0.462 e. The van der Waals surface area contributed by atoms with Gasteiger partial charge in [0.25, 0.3) is 0 Å². The Balaban J connectivity index is 1.61. The third-order valence-electron chi connectivity index (χ3n) is 9.37. The molecule has 0 aliphatic carbocycles. The molecule has 0 saturated heterocycles. The lowest BCUT2D eigenvalue weighted by Gasteiger charge is -2.30. The fourth-order valence-electron chi connectivity index (χ4n) is 6.56. The Labute approximate surface area is 310 Å². The number of carbonyl (C=O) groups excluding carboxylic acids is 2. The van der Waals surface area contributed by atoms with Crippen molar-refractivity contribution in [3.63, 3.8) is 0 Å². The molecule has 5 rings (SSSR count). The average Bonchev–Trinajstić information content (AvgIpc) is 3.13. The second-order valence-electron chi connectivity index (χ2n) is 14.7. The molecule has 5 aromatic rings. The van der Waals surface area contributed by atoms with E-state index in [4.69, 9.17) is 9.47 Å². The molecule has 0 atom stereocenters. The molecule has 0 amide bonds. The zero-order valence-electron chi connectivity index (χ0n) is 31.9. The summed E-state index contributed by atoms with van der Waals surface area (Å²) in [6.07, 6.45) is 2.20. The van der Waals surface area contributed by atoms with Gasteiger partial charge in [-0.1, -0.05) is 84.4 Å². The first-order valence-electron chi connectivity index (χ1n) is 18.3. The van der Waals surface area contributed by atoms with E-state index in [1.807, 2.05) is 50.2 Å². The smallest absolute Gasteiger partial charge is 0.338 e. The normalized spacial score (nSPS) is 11.5. The van der Waals surface area contributed by atoms with Crippen LogP contribution in [0.5, 0.6) is 0 Å².